The largest absolute Gasteiger partial charge is 0.459 e. The number of rotatable bonds is 13. The number of esters is 1. The summed E-state index contributed by atoms with van der Waals surface area (Å²) in [6.45, 7) is 2.21. The molecule has 0 spiro atoms. The molecule has 3 rings (SSSR count). The fraction of sp³-hybridized carbons (Fsp3) is 0.520. The van der Waals surface area contributed by atoms with Gasteiger partial charge in [-0.1, -0.05) is 38.3 Å². The Bertz CT molecular complexity index is 930. The molecular formula is C25H33NO7S. The summed E-state index contributed by atoms with van der Waals surface area (Å²) in [7, 11) is 0. The van der Waals surface area contributed by atoms with Crippen molar-refractivity contribution in [2.24, 2.45) is 0 Å². The average Bonchev–Trinajstić information content (AvgIpc) is 3.41. The van der Waals surface area contributed by atoms with Crippen LogP contribution in [0.3, 0.4) is 0 Å². The molecule has 8 nitrogen and oxygen atoms in total. The zero-order valence-corrected chi connectivity index (χ0v) is 20.2. The standard InChI is InChI=1S/C25H33NO7S/c1-2-3-4-5-21(28)17-6-8-18(9-7-17)26-20(22(29)14-24(26)30)16-32-15-19-10-11-23(34-19)25(31)33-13-12-27/h6-11,20-22,27-29H,2-5,12-16H2,1H3/t20-,21?,22-/m0/s1. The fourth-order valence-corrected chi connectivity index (χ4v) is 4.80. The maximum Gasteiger partial charge on any atom is 0.348 e. The summed E-state index contributed by atoms with van der Waals surface area (Å²) in [5.41, 5.74) is 1.47. The zero-order chi connectivity index (χ0) is 24.5. The molecule has 34 heavy (non-hydrogen) atoms. The highest BCUT2D eigenvalue weighted by Crippen LogP contribution is 2.30. The molecule has 1 aliphatic rings. The van der Waals surface area contributed by atoms with Gasteiger partial charge in [0.2, 0.25) is 5.91 Å². The third-order valence-corrected chi connectivity index (χ3v) is 6.82. The molecule has 186 valence electrons. The minimum absolute atomic E-state index is 0.0231. The maximum atomic E-state index is 12.6. The Labute approximate surface area is 203 Å². The first kappa shape index (κ1) is 26.3. The van der Waals surface area contributed by atoms with Gasteiger partial charge in [0, 0.05) is 10.6 Å². The van der Waals surface area contributed by atoms with Crippen LogP contribution in [0.1, 0.15) is 65.2 Å². The molecule has 1 aromatic heterocycles. The van der Waals surface area contributed by atoms with E-state index in [1.165, 1.54) is 11.3 Å². The van der Waals surface area contributed by atoms with Crippen molar-refractivity contribution in [3.63, 3.8) is 0 Å². The molecule has 1 amide bonds. The van der Waals surface area contributed by atoms with Gasteiger partial charge in [-0.25, -0.2) is 4.79 Å². The average molecular weight is 492 g/mol. The van der Waals surface area contributed by atoms with Gasteiger partial charge in [0.1, 0.15) is 11.5 Å². The molecule has 1 unspecified atom stereocenters. The lowest BCUT2D eigenvalue weighted by molar-refractivity contribution is -0.117. The van der Waals surface area contributed by atoms with E-state index in [0.29, 0.717) is 17.0 Å². The lowest BCUT2D eigenvalue weighted by atomic mass is 10.0. The molecule has 1 aliphatic heterocycles. The molecule has 1 fully saturated rings. The van der Waals surface area contributed by atoms with Gasteiger partial charge in [-0.3, -0.25) is 4.79 Å². The molecule has 0 aliphatic carbocycles. The highest BCUT2D eigenvalue weighted by Gasteiger charge is 2.39. The second kappa shape index (κ2) is 13.0. The number of benzene rings is 1. The predicted molar refractivity (Wildman–Crippen MR) is 129 cm³/mol. The quantitative estimate of drug-likeness (QED) is 0.291. The maximum absolute atomic E-state index is 12.6. The SMILES string of the molecule is CCCCCC(O)c1ccc(N2C(=O)C[C@H](O)[C@@H]2COCc2ccc(C(=O)OCCO)s2)cc1. The number of anilines is 1. The summed E-state index contributed by atoms with van der Waals surface area (Å²) in [4.78, 5) is 27.2. The van der Waals surface area contributed by atoms with Crippen LogP contribution in [0.4, 0.5) is 5.69 Å². The van der Waals surface area contributed by atoms with E-state index in [1.54, 1.807) is 29.2 Å². The third kappa shape index (κ3) is 6.86. The second-order valence-corrected chi connectivity index (χ2v) is 9.51. The summed E-state index contributed by atoms with van der Waals surface area (Å²) in [6.07, 6.45) is 2.49. The third-order valence-electron chi connectivity index (χ3n) is 5.79. The second-order valence-electron chi connectivity index (χ2n) is 8.35. The topological polar surface area (TPSA) is 117 Å². The Morgan fingerprint density at radius 2 is 1.97 bits per heavy atom. The van der Waals surface area contributed by atoms with Crippen molar-refractivity contribution in [2.45, 2.75) is 63.9 Å². The van der Waals surface area contributed by atoms with E-state index in [2.05, 4.69) is 6.92 Å². The van der Waals surface area contributed by atoms with Gasteiger partial charge < -0.3 is 29.7 Å². The molecular weight excluding hydrogens is 458 g/mol. The van der Waals surface area contributed by atoms with Crippen LogP contribution in [0.5, 0.6) is 0 Å². The van der Waals surface area contributed by atoms with Gasteiger partial charge in [-0.15, -0.1) is 11.3 Å². The lowest BCUT2D eigenvalue weighted by Gasteiger charge is -2.26. The summed E-state index contributed by atoms with van der Waals surface area (Å²) in [6, 6.07) is 10.1. The number of nitrogens with zero attached hydrogens (tertiary/aromatic N) is 1. The molecule has 0 bridgehead atoms. The van der Waals surface area contributed by atoms with Crippen molar-refractivity contribution in [1.29, 1.82) is 0 Å². The minimum Gasteiger partial charge on any atom is -0.459 e. The van der Waals surface area contributed by atoms with Gasteiger partial charge in [0.25, 0.3) is 0 Å². The van der Waals surface area contributed by atoms with Gasteiger partial charge in [-0.2, -0.15) is 0 Å². The lowest BCUT2D eigenvalue weighted by Crippen LogP contribution is -2.40. The normalized spacial score (nSPS) is 18.9. The summed E-state index contributed by atoms with van der Waals surface area (Å²) < 4.78 is 10.7. The first-order valence-electron chi connectivity index (χ1n) is 11.7. The van der Waals surface area contributed by atoms with Crippen molar-refractivity contribution in [3.8, 4) is 0 Å². The smallest absolute Gasteiger partial charge is 0.348 e. The number of aliphatic hydroxyl groups is 3. The molecule has 0 saturated carbocycles. The summed E-state index contributed by atoms with van der Waals surface area (Å²) in [5, 5.41) is 29.6. The summed E-state index contributed by atoms with van der Waals surface area (Å²) in [5.74, 6) is -0.672. The van der Waals surface area contributed by atoms with Crippen molar-refractivity contribution < 1.29 is 34.4 Å². The zero-order valence-electron chi connectivity index (χ0n) is 19.4. The minimum atomic E-state index is -0.848. The molecule has 0 radical (unpaired) electrons. The Balaban J connectivity index is 1.57. The van der Waals surface area contributed by atoms with Crippen LogP contribution < -0.4 is 4.90 Å². The first-order chi connectivity index (χ1) is 16.4. The van der Waals surface area contributed by atoms with E-state index in [9.17, 15) is 19.8 Å². The van der Waals surface area contributed by atoms with E-state index in [0.717, 1.165) is 29.7 Å². The summed E-state index contributed by atoms with van der Waals surface area (Å²) >= 11 is 1.24. The molecule has 3 N–H and O–H groups in total. The number of hydrogen-bond acceptors (Lipinski definition) is 8. The van der Waals surface area contributed by atoms with E-state index in [4.69, 9.17) is 14.6 Å². The van der Waals surface area contributed by atoms with Crippen LogP contribution >= 0.6 is 11.3 Å². The number of carbonyl (C=O) groups is 2. The van der Waals surface area contributed by atoms with Crippen LogP contribution in [0, 0.1) is 0 Å². The number of carbonyl (C=O) groups excluding carboxylic acids is 2. The van der Waals surface area contributed by atoms with Crippen molar-refractivity contribution in [3.05, 3.63) is 51.7 Å². The predicted octanol–water partition coefficient (Wildman–Crippen LogP) is 3.19. The number of ether oxygens (including phenoxy) is 2. The Morgan fingerprint density at radius 3 is 2.68 bits per heavy atom. The molecule has 1 aromatic carbocycles. The number of hydrogen-bond donors (Lipinski definition) is 3. The molecule has 1 saturated heterocycles. The van der Waals surface area contributed by atoms with Gasteiger partial charge in [-0.05, 0) is 36.2 Å². The van der Waals surface area contributed by atoms with E-state index in [1.807, 2.05) is 12.1 Å². The molecule has 2 heterocycles. The van der Waals surface area contributed by atoms with Crippen LogP contribution in [0.15, 0.2) is 36.4 Å². The number of aliphatic hydroxyl groups excluding tert-OH is 3. The van der Waals surface area contributed by atoms with E-state index in [-0.39, 0.29) is 38.8 Å². The highest BCUT2D eigenvalue weighted by molar-refractivity contribution is 7.13. The number of thiophene rings is 1. The van der Waals surface area contributed by atoms with Gasteiger partial charge >= 0.3 is 5.97 Å². The van der Waals surface area contributed by atoms with Crippen LogP contribution in [-0.2, 0) is 20.9 Å². The van der Waals surface area contributed by atoms with Crippen molar-refractivity contribution in [1.82, 2.24) is 0 Å². The monoisotopic (exact) mass is 491 g/mol. The van der Waals surface area contributed by atoms with Gasteiger partial charge in [0.05, 0.1) is 44.5 Å². The highest BCUT2D eigenvalue weighted by atomic mass is 32.1. The van der Waals surface area contributed by atoms with Crippen LogP contribution in [0.2, 0.25) is 0 Å². The van der Waals surface area contributed by atoms with Crippen molar-refractivity contribution in [2.75, 3.05) is 24.7 Å². The fourth-order valence-electron chi connectivity index (χ4n) is 3.96. The first-order valence-corrected chi connectivity index (χ1v) is 12.5. The number of amides is 1. The molecule has 2 aromatic rings. The van der Waals surface area contributed by atoms with Crippen molar-refractivity contribution >= 4 is 28.9 Å². The Hall–Kier alpha value is -2.30. The van der Waals surface area contributed by atoms with Gasteiger partial charge in [0.15, 0.2) is 0 Å². The van der Waals surface area contributed by atoms with E-state index < -0.39 is 24.2 Å². The molecule has 3 atom stereocenters. The van der Waals surface area contributed by atoms with Crippen LogP contribution in [-0.4, -0.2) is 59.2 Å². The number of unbranched alkanes of at least 4 members (excludes halogenated alkanes) is 2. The molecule has 9 heteroatoms. The van der Waals surface area contributed by atoms with E-state index >= 15 is 0 Å². The van der Waals surface area contributed by atoms with Crippen LogP contribution in [0.25, 0.3) is 0 Å². The Kier molecular flexibility index (Phi) is 10.0. The Morgan fingerprint density at radius 1 is 1.21 bits per heavy atom.